The molecular formula is C21H33N5OS. The van der Waals surface area contributed by atoms with Crippen LogP contribution in [-0.4, -0.2) is 63.0 Å². The second-order valence-corrected chi connectivity index (χ2v) is 9.28. The van der Waals surface area contributed by atoms with Crippen LogP contribution >= 0.6 is 11.8 Å². The van der Waals surface area contributed by atoms with E-state index < -0.39 is 0 Å². The molecule has 2 fully saturated rings. The number of aryl methyl sites for hydroxylation is 1. The largest absolute Gasteiger partial charge is 0.465 e. The molecule has 0 aliphatic carbocycles. The summed E-state index contributed by atoms with van der Waals surface area (Å²) in [6.45, 7) is 8.80. The minimum absolute atomic E-state index is 0.517. The van der Waals surface area contributed by atoms with Crippen molar-refractivity contribution in [3.8, 4) is 0 Å². The third-order valence-corrected chi connectivity index (χ3v) is 7.08. The van der Waals surface area contributed by atoms with Gasteiger partial charge in [0.2, 0.25) is 0 Å². The van der Waals surface area contributed by atoms with Crippen LogP contribution in [0.2, 0.25) is 0 Å². The molecular weight excluding hydrogens is 370 g/mol. The van der Waals surface area contributed by atoms with Gasteiger partial charge < -0.3 is 13.9 Å². The number of hydrogen-bond donors (Lipinski definition) is 0. The summed E-state index contributed by atoms with van der Waals surface area (Å²) in [5.41, 5.74) is 0. The fourth-order valence-electron chi connectivity index (χ4n) is 4.40. The highest BCUT2D eigenvalue weighted by molar-refractivity contribution is 7.99. The van der Waals surface area contributed by atoms with Gasteiger partial charge in [0.15, 0.2) is 5.16 Å². The van der Waals surface area contributed by atoms with E-state index in [1.807, 2.05) is 24.8 Å². The third kappa shape index (κ3) is 4.99. The highest BCUT2D eigenvalue weighted by Gasteiger charge is 2.25. The molecule has 0 unspecified atom stereocenters. The Morgan fingerprint density at radius 3 is 2.54 bits per heavy atom. The number of nitrogens with zero attached hydrogens (tertiary/aromatic N) is 5. The highest BCUT2D eigenvalue weighted by Crippen LogP contribution is 2.29. The van der Waals surface area contributed by atoms with Crippen LogP contribution in [0.5, 0.6) is 0 Å². The van der Waals surface area contributed by atoms with Crippen LogP contribution in [0.1, 0.15) is 55.4 Å². The lowest BCUT2D eigenvalue weighted by molar-refractivity contribution is 0.186. The topological polar surface area (TPSA) is 50.3 Å². The fraction of sp³-hybridized carbons (Fsp3) is 0.714. The van der Waals surface area contributed by atoms with Crippen molar-refractivity contribution in [1.82, 2.24) is 24.6 Å². The summed E-state index contributed by atoms with van der Waals surface area (Å²) in [7, 11) is 2.14. The highest BCUT2D eigenvalue weighted by atomic mass is 32.2. The standard InChI is InChI=1S/C21H33N5OS/c1-17-6-7-19(27-17)16-26-12-8-18(9-13-26)20-22-23-21(24(20)2)28-15-14-25-10-4-3-5-11-25/h6-7,18H,3-5,8-16H2,1-2H3. The minimum atomic E-state index is 0.517. The molecule has 2 aromatic heterocycles. The van der Waals surface area contributed by atoms with Crippen LogP contribution < -0.4 is 0 Å². The van der Waals surface area contributed by atoms with Crippen LogP contribution in [0.15, 0.2) is 21.7 Å². The molecule has 2 aliphatic rings. The van der Waals surface area contributed by atoms with Crippen molar-refractivity contribution in [3.63, 3.8) is 0 Å². The third-order valence-electron chi connectivity index (χ3n) is 6.08. The maximum absolute atomic E-state index is 5.73. The molecule has 2 aliphatic heterocycles. The molecule has 154 valence electrons. The number of aromatic nitrogens is 3. The molecule has 2 aromatic rings. The Morgan fingerprint density at radius 1 is 1.04 bits per heavy atom. The number of thioether (sulfide) groups is 1. The normalized spacial score (nSPS) is 20.1. The van der Waals surface area contributed by atoms with E-state index in [9.17, 15) is 0 Å². The quantitative estimate of drug-likeness (QED) is 0.658. The summed E-state index contributed by atoms with van der Waals surface area (Å²) in [6.07, 6.45) is 6.40. The van der Waals surface area contributed by atoms with Crippen molar-refractivity contribution >= 4 is 11.8 Å². The van der Waals surface area contributed by atoms with Gasteiger partial charge >= 0.3 is 0 Å². The molecule has 0 N–H and O–H groups in total. The van der Waals surface area contributed by atoms with E-state index in [2.05, 4.69) is 37.7 Å². The molecule has 4 heterocycles. The van der Waals surface area contributed by atoms with Crippen molar-refractivity contribution in [2.24, 2.45) is 7.05 Å². The van der Waals surface area contributed by atoms with Gasteiger partial charge in [-0.05, 0) is 70.9 Å². The van der Waals surface area contributed by atoms with Gasteiger partial charge in [0, 0.05) is 25.3 Å². The number of furan rings is 1. The Labute approximate surface area is 172 Å². The summed E-state index contributed by atoms with van der Waals surface area (Å²) in [6, 6.07) is 4.14. The Hall–Kier alpha value is -1.31. The lowest BCUT2D eigenvalue weighted by atomic mass is 9.96. The number of likely N-dealkylation sites (tertiary alicyclic amines) is 2. The molecule has 0 amide bonds. The predicted octanol–water partition coefficient (Wildman–Crippen LogP) is 3.67. The van der Waals surface area contributed by atoms with Gasteiger partial charge in [-0.15, -0.1) is 10.2 Å². The van der Waals surface area contributed by atoms with E-state index in [1.165, 1.54) is 32.4 Å². The Bertz CT molecular complexity index is 744. The van der Waals surface area contributed by atoms with E-state index in [-0.39, 0.29) is 0 Å². The van der Waals surface area contributed by atoms with E-state index in [0.717, 1.165) is 67.3 Å². The molecule has 7 heteroatoms. The Morgan fingerprint density at radius 2 is 1.82 bits per heavy atom. The molecule has 0 bridgehead atoms. The molecule has 0 radical (unpaired) electrons. The van der Waals surface area contributed by atoms with Crippen molar-refractivity contribution in [2.45, 2.75) is 56.6 Å². The predicted molar refractivity (Wildman–Crippen MR) is 113 cm³/mol. The zero-order chi connectivity index (χ0) is 19.3. The molecule has 0 aromatic carbocycles. The van der Waals surface area contributed by atoms with Gasteiger partial charge in [-0.3, -0.25) is 4.90 Å². The molecule has 6 nitrogen and oxygen atoms in total. The van der Waals surface area contributed by atoms with Crippen molar-refractivity contribution in [1.29, 1.82) is 0 Å². The molecule has 4 rings (SSSR count). The van der Waals surface area contributed by atoms with Crippen LogP contribution in [0.3, 0.4) is 0 Å². The first kappa shape index (κ1) is 20.0. The zero-order valence-electron chi connectivity index (χ0n) is 17.3. The molecule has 2 saturated heterocycles. The van der Waals surface area contributed by atoms with Gasteiger partial charge in [0.1, 0.15) is 17.3 Å². The van der Waals surface area contributed by atoms with E-state index in [0.29, 0.717) is 5.92 Å². The van der Waals surface area contributed by atoms with Crippen molar-refractivity contribution in [2.75, 3.05) is 38.5 Å². The van der Waals surface area contributed by atoms with Gasteiger partial charge in [0.05, 0.1) is 6.54 Å². The number of rotatable bonds is 7. The van der Waals surface area contributed by atoms with E-state index >= 15 is 0 Å². The zero-order valence-corrected chi connectivity index (χ0v) is 18.1. The second kappa shape index (κ2) is 9.46. The first-order valence-corrected chi connectivity index (χ1v) is 11.7. The molecule has 0 saturated carbocycles. The van der Waals surface area contributed by atoms with Crippen LogP contribution in [0, 0.1) is 6.92 Å². The van der Waals surface area contributed by atoms with Crippen molar-refractivity contribution in [3.05, 3.63) is 29.5 Å². The summed E-state index contributed by atoms with van der Waals surface area (Å²) < 4.78 is 7.96. The number of hydrogen-bond acceptors (Lipinski definition) is 6. The summed E-state index contributed by atoms with van der Waals surface area (Å²) in [4.78, 5) is 5.07. The fourth-order valence-corrected chi connectivity index (χ4v) is 5.31. The average Bonchev–Trinajstić information content (AvgIpc) is 3.29. The van der Waals surface area contributed by atoms with Gasteiger partial charge in [-0.2, -0.15) is 0 Å². The van der Waals surface area contributed by atoms with Crippen LogP contribution in [0.4, 0.5) is 0 Å². The van der Waals surface area contributed by atoms with Gasteiger partial charge in [-0.25, -0.2) is 0 Å². The van der Waals surface area contributed by atoms with Crippen molar-refractivity contribution < 1.29 is 4.42 Å². The van der Waals surface area contributed by atoms with Gasteiger partial charge in [0.25, 0.3) is 0 Å². The summed E-state index contributed by atoms with van der Waals surface area (Å²) in [5, 5.41) is 10.1. The maximum atomic E-state index is 5.73. The Balaban J connectivity index is 1.24. The first-order chi connectivity index (χ1) is 13.7. The summed E-state index contributed by atoms with van der Waals surface area (Å²) >= 11 is 1.86. The lowest BCUT2D eigenvalue weighted by Crippen LogP contribution is -2.33. The summed E-state index contributed by atoms with van der Waals surface area (Å²) in [5.74, 6) is 4.85. The molecule has 0 atom stereocenters. The second-order valence-electron chi connectivity index (χ2n) is 8.21. The van der Waals surface area contributed by atoms with Crippen LogP contribution in [0.25, 0.3) is 0 Å². The lowest BCUT2D eigenvalue weighted by Gasteiger charge is -2.30. The van der Waals surface area contributed by atoms with Crippen LogP contribution in [-0.2, 0) is 13.6 Å². The molecule has 28 heavy (non-hydrogen) atoms. The monoisotopic (exact) mass is 403 g/mol. The van der Waals surface area contributed by atoms with E-state index in [1.54, 1.807) is 0 Å². The first-order valence-electron chi connectivity index (χ1n) is 10.7. The maximum Gasteiger partial charge on any atom is 0.191 e. The van der Waals surface area contributed by atoms with E-state index in [4.69, 9.17) is 4.42 Å². The smallest absolute Gasteiger partial charge is 0.191 e. The van der Waals surface area contributed by atoms with Gasteiger partial charge in [-0.1, -0.05) is 18.2 Å². The minimum Gasteiger partial charge on any atom is -0.465 e. The number of piperidine rings is 2. The average molecular weight is 404 g/mol. The SMILES string of the molecule is Cc1ccc(CN2CCC(c3nnc(SCCN4CCCCC4)n3C)CC2)o1. The molecule has 0 spiro atoms. The Kier molecular flexibility index (Phi) is 6.75.